The summed E-state index contributed by atoms with van der Waals surface area (Å²) in [6.07, 6.45) is 5.58. The van der Waals surface area contributed by atoms with E-state index in [0.717, 1.165) is 12.0 Å². The Bertz CT molecular complexity index is 379. The van der Waals surface area contributed by atoms with E-state index in [0.29, 0.717) is 0 Å². The van der Waals surface area contributed by atoms with E-state index in [-0.39, 0.29) is 12.4 Å². The van der Waals surface area contributed by atoms with Gasteiger partial charge in [-0.25, -0.2) is 0 Å². The van der Waals surface area contributed by atoms with Crippen LogP contribution in [0.2, 0.25) is 0 Å². The van der Waals surface area contributed by atoms with Crippen molar-refractivity contribution in [2.45, 2.75) is 45.2 Å². The van der Waals surface area contributed by atoms with Crippen molar-refractivity contribution in [1.29, 1.82) is 0 Å². The van der Waals surface area contributed by atoms with E-state index < -0.39 is 0 Å². The summed E-state index contributed by atoms with van der Waals surface area (Å²) >= 11 is 1.92. The lowest BCUT2D eigenvalue weighted by molar-refractivity contribution is 0.158. The molecule has 0 bridgehead atoms. The Kier molecular flexibility index (Phi) is 5.70. The predicted molar refractivity (Wildman–Crippen MR) is 85.3 cm³/mol. The van der Waals surface area contributed by atoms with Crippen LogP contribution in [0.3, 0.4) is 0 Å². The number of halogens is 1. The van der Waals surface area contributed by atoms with E-state index in [4.69, 9.17) is 0 Å². The van der Waals surface area contributed by atoms with E-state index in [1.54, 1.807) is 4.88 Å². The zero-order valence-corrected chi connectivity index (χ0v) is 13.4. The summed E-state index contributed by atoms with van der Waals surface area (Å²) in [5.41, 5.74) is 1.47. The number of hydrogen-bond acceptors (Lipinski definition) is 3. The molecule has 1 N–H and O–H groups in total. The summed E-state index contributed by atoms with van der Waals surface area (Å²) in [5, 5.41) is 5.90. The predicted octanol–water partition coefficient (Wildman–Crippen LogP) is 3.44. The first-order chi connectivity index (χ1) is 8.83. The SMILES string of the molecule is Cc1ccsc1CN1CCC(C2CCCN2)CC1.Cl. The van der Waals surface area contributed by atoms with Crippen molar-refractivity contribution in [3.05, 3.63) is 21.9 Å². The molecule has 0 spiro atoms. The number of nitrogens with one attached hydrogen (secondary N) is 1. The van der Waals surface area contributed by atoms with Gasteiger partial charge in [0.1, 0.15) is 0 Å². The molecule has 0 saturated carbocycles. The molecule has 1 aromatic rings. The summed E-state index contributed by atoms with van der Waals surface area (Å²) in [6.45, 7) is 7.25. The van der Waals surface area contributed by atoms with E-state index in [2.05, 4.69) is 28.6 Å². The minimum absolute atomic E-state index is 0. The van der Waals surface area contributed by atoms with Gasteiger partial charge in [-0.15, -0.1) is 23.7 Å². The molecule has 2 nitrogen and oxygen atoms in total. The Labute approximate surface area is 127 Å². The molecule has 19 heavy (non-hydrogen) atoms. The van der Waals surface area contributed by atoms with Crippen molar-refractivity contribution in [3.8, 4) is 0 Å². The molecule has 0 aromatic carbocycles. The fourth-order valence-electron chi connectivity index (χ4n) is 3.40. The molecule has 0 amide bonds. The van der Waals surface area contributed by atoms with Crippen LogP contribution in [-0.2, 0) is 6.54 Å². The second-order valence-electron chi connectivity index (χ2n) is 5.84. The highest BCUT2D eigenvalue weighted by molar-refractivity contribution is 7.10. The Hall–Kier alpha value is -0.0900. The topological polar surface area (TPSA) is 15.3 Å². The molecule has 4 heteroatoms. The van der Waals surface area contributed by atoms with Gasteiger partial charge in [0.05, 0.1) is 0 Å². The van der Waals surface area contributed by atoms with Crippen molar-refractivity contribution in [2.24, 2.45) is 5.92 Å². The molecule has 1 aromatic heterocycles. The molecular weight excluding hydrogens is 276 g/mol. The highest BCUT2D eigenvalue weighted by Gasteiger charge is 2.28. The molecule has 2 fully saturated rings. The number of thiophene rings is 1. The summed E-state index contributed by atoms with van der Waals surface area (Å²) < 4.78 is 0. The first-order valence-corrected chi connectivity index (χ1v) is 8.19. The van der Waals surface area contributed by atoms with Crippen LogP contribution in [0.5, 0.6) is 0 Å². The van der Waals surface area contributed by atoms with Gasteiger partial charge >= 0.3 is 0 Å². The van der Waals surface area contributed by atoms with Crippen LogP contribution in [-0.4, -0.2) is 30.6 Å². The normalized spacial score (nSPS) is 25.4. The number of hydrogen-bond donors (Lipinski definition) is 1. The number of likely N-dealkylation sites (tertiary alicyclic amines) is 1. The second-order valence-corrected chi connectivity index (χ2v) is 6.84. The van der Waals surface area contributed by atoms with Gasteiger partial charge in [0.2, 0.25) is 0 Å². The number of aryl methyl sites for hydroxylation is 1. The fourth-order valence-corrected chi connectivity index (χ4v) is 4.34. The minimum atomic E-state index is 0. The van der Waals surface area contributed by atoms with Crippen LogP contribution >= 0.6 is 23.7 Å². The molecule has 108 valence electrons. The maximum Gasteiger partial charge on any atom is 0.0330 e. The first-order valence-electron chi connectivity index (χ1n) is 7.31. The van der Waals surface area contributed by atoms with Gasteiger partial charge in [0.15, 0.2) is 0 Å². The van der Waals surface area contributed by atoms with E-state index in [9.17, 15) is 0 Å². The van der Waals surface area contributed by atoms with Crippen LogP contribution in [0.25, 0.3) is 0 Å². The molecule has 2 aliphatic heterocycles. The summed E-state index contributed by atoms with van der Waals surface area (Å²) in [7, 11) is 0. The third-order valence-electron chi connectivity index (χ3n) is 4.64. The van der Waals surface area contributed by atoms with Gasteiger partial charge in [0.25, 0.3) is 0 Å². The lowest BCUT2D eigenvalue weighted by atomic mass is 9.88. The van der Waals surface area contributed by atoms with E-state index in [1.165, 1.54) is 57.4 Å². The van der Waals surface area contributed by atoms with Crippen molar-refractivity contribution in [1.82, 2.24) is 10.2 Å². The van der Waals surface area contributed by atoms with Gasteiger partial charge < -0.3 is 5.32 Å². The van der Waals surface area contributed by atoms with Gasteiger partial charge in [-0.1, -0.05) is 0 Å². The Morgan fingerprint density at radius 1 is 1.32 bits per heavy atom. The van der Waals surface area contributed by atoms with Crippen LogP contribution < -0.4 is 5.32 Å². The van der Waals surface area contributed by atoms with Crippen molar-refractivity contribution < 1.29 is 0 Å². The highest BCUT2D eigenvalue weighted by atomic mass is 35.5. The molecule has 0 radical (unpaired) electrons. The first kappa shape index (κ1) is 15.3. The third-order valence-corrected chi connectivity index (χ3v) is 5.64. The number of piperidine rings is 1. The maximum absolute atomic E-state index is 3.68. The third kappa shape index (κ3) is 3.72. The zero-order chi connectivity index (χ0) is 12.4. The monoisotopic (exact) mass is 300 g/mol. The quantitative estimate of drug-likeness (QED) is 0.920. The van der Waals surface area contributed by atoms with Crippen molar-refractivity contribution in [2.75, 3.05) is 19.6 Å². The van der Waals surface area contributed by atoms with E-state index >= 15 is 0 Å². The number of rotatable bonds is 3. The van der Waals surface area contributed by atoms with Crippen LogP contribution in [0.15, 0.2) is 11.4 Å². The lowest BCUT2D eigenvalue weighted by Gasteiger charge is -2.34. The van der Waals surface area contributed by atoms with Gasteiger partial charge in [-0.05, 0) is 75.2 Å². The summed E-state index contributed by atoms with van der Waals surface area (Å²) in [5.74, 6) is 0.938. The second kappa shape index (κ2) is 7.07. The standard InChI is InChI=1S/C15H24N2S.ClH/c1-12-6-10-18-15(12)11-17-8-4-13(5-9-17)14-3-2-7-16-14;/h6,10,13-14,16H,2-5,7-9,11H2,1H3;1H. The Balaban J connectivity index is 0.00000133. The molecule has 2 aliphatic rings. The van der Waals surface area contributed by atoms with Gasteiger partial charge in [0, 0.05) is 17.5 Å². The molecule has 3 rings (SSSR count). The van der Waals surface area contributed by atoms with E-state index in [1.807, 2.05) is 11.3 Å². The lowest BCUT2D eigenvalue weighted by Crippen LogP contribution is -2.40. The molecule has 1 atom stereocenters. The fraction of sp³-hybridized carbons (Fsp3) is 0.733. The Morgan fingerprint density at radius 2 is 2.11 bits per heavy atom. The molecular formula is C15H25ClN2S. The Morgan fingerprint density at radius 3 is 2.68 bits per heavy atom. The molecule has 3 heterocycles. The molecule has 1 unspecified atom stereocenters. The molecule has 0 aliphatic carbocycles. The van der Waals surface area contributed by atoms with Gasteiger partial charge in [-0.2, -0.15) is 0 Å². The highest BCUT2D eigenvalue weighted by Crippen LogP contribution is 2.27. The van der Waals surface area contributed by atoms with Crippen LogP contribution in [0, 0.1) is 12.8 Å². The largest absolute Gasteiger partial charge is 0.314 e. The van der Waals surface area contributed by atoms with Crippen molar-refractivity contribution in [3.63, 3.8) is 0 Å². The zero-order valence-electron chi connectivity index (χ0n) is 11.7. The number of nitrogens with zero attached hydrogens (tertiary/aromatic N) is 1. The summed E-state index contributed by atoms with van der Waals surface area (Å²) in [6, 6.07) is 3.07. The average molecular weight is 301 g/mol. The molecule has 2 saturated heterocycles. The summed E-state index contributed by atoms with van der Waals surface area (Å²) in [4.78, 5) is 4.21. The van der Waals surface area contributed by atoms with Gasteiger partial charge in [-0.3, -0.25) is 4.90 Å². The van der Waals surface area contributed by atoms with Crippen molar-refractivity contribution >= 4 is 23.7 Å². The smallest absolute Gasteiger partial charge is 0.0330 e. The van der Waals surface area contributed by atoms with Crippen LogP contribution in [0.1, 0.15) is 36.1 Å². The minimum Gasteiger partial charge on any atom is -0.314 e. The maximum atomic E-state index is 3.68. The average Bonchev–Trinajstić information content (AvgIpc) is 3.03. The van der Waals surface area contributed by atoms with Crippen LogP contribution in [0.4, 0.5) is 0 Å².